The molecule has 1 heterocycles. The Morgan fingerprint density at radius 3 is 3.07 bits per heavy atom. The van der Waals surface area contributed by atoms with Gasteiger partial charge in [-0.2, -0.15) is 0 Å². The van der Waals surface area contributed by atoms with Gasteiger partial charge in [0.2, 0.25) is 0 Å². The Balaban J connectivity index is 2.56. The lowest BCUT2D eigenvalue weighted by Gasteiger charge is -2.09. The van der Waals surface area contributed by atoms with Gasteiger partial charge in [-0.15, -0.1) is 6.58 Å². The number of rotatable bonds is 5. The third-order valence-electron chi connectivity index (χ3n) is 2.01. The second-order valence-corrected chi connectivity index (χ2v) is 3.40. The van der Waals surface area contributed by atoms with Gasteiger partial charge in [-0.3, -0.25) is 4.79 Å². The van der Waals surface area contributed by atoms with E-state index >= 15 is 0 Å². The molecule has 0 saturated carbocycles. The van der Waals surface area contributed by atoms with E-state index in [1.54, 1.807) is 12.1 Å². The maximum atomic E-state index is 11.6. The van der Waals surface area contributed by atoms with Crippen molar-refractivity contribution < 1.29 is 9.21 Å². The predicted molar refractivity (Wildman–Crippen MR) is 58.3 cm³/mol. The van der Waals surface area contributed by atoms with Gasteiger partial charge in [-0.25, -0.2) is 0 Å². The summed E-state index contributed by atoms with van der Waals surface area (Å²) in [7, 11) is 0. The number of carbonyl (C=O) groups is 1. The molecule has 1 aromatic rings. The fourth-order valence-electron chi connectivity index (χ4n) is 1.22. The molecule has 0 bridgehead atoms. The molecular formula is C11H16N2O2. The Hall–Kier alpha value is -1.55. The average Bonchev–Trinajstić information content (AvgIpc) is 2.66. The van der Waals surface area contributed by atoms with Crippen LogP contribution in [0.3, 0.4) is 0 Å². The highest BCUT2D eigenvalue weighted by atomic mass is 16.3. The van der Waals surface area contributed by atoms with Gasteiger partial charge in [-0.05, 0) is 19.4 Å². The SMILES string of the molecule is C=CCC(C)NC(=O)c1coc(CN)c1. The summed E-state index contributed by atoms with van der Waals surface area (Å²) < 4.78 is 5.07. The Morgan fingerprint density at radius 1 is 1.80 bits per heavy atom. The van der Waals surface area contributed by atoms with Gasteiger partial charge in [0.05, 0.1) is 12.1 Å². The standard InChI is InChI=1S/C11H16N2O2/c1-3-4-8(2)13-11(14)9-5-10(6-12)15-7-9/h3,5,7-8H,1,4,6,12H2,2H3,(H,13,14). The molecular weight excluding hydrogens is 192 g/mol. The van der Waals surface area contributed by atoms with E-state index in [1.165, 1.54) is 6.26 Å². The van der Waals surface area contributed by atoms with Crippen molar-refractivity contribution in [3.63, 3.8) is 0 Å². The van der Waals surface area contributed by atoms with Crippen molar-refractivity contribution in [2.24, 2.45) is 5.73 Å². The van der Waals surface area contributed by atoms with Crippen LogP contribution in [0, 0.1) is 0 Å². The normalized spacial score (nSPS) is 12.1. The van der Waals surface area contributed by atoms with Crippen LogP contribution in [-0.2, 0) is 6.54 Å². The van der Waals surface area contributed by atoms with Crippen molar-refractivity contribution >= 4 is 5.91 Å². The highest BCUT2D eigenvalue weighted by Gasteiger charge is 2.11. The molecule has 0 aliphatic rings. The third-order valence-corrected chi connectivity index (χ3v) is 2.01. The van der Waals surface area contributed by atoms with E-state index < -0.39 is 0 Å². The minimum absolute atomic E-state index is 0.0752. The van der Waals surface area contributed by atoms with Crippen LogP contribution >= 0.6 is 0 Å². The summed E-state index contributed by atoms with van der Waals surface area (Å²) in [5.74, 6) is 0.462. The minimum Gasteiger partial charge on any atom is -0.467 e. The van der Waals surface area contributed by atoms with Crippen LogP contribution in [0.2, 0.25) is 0 Å². The predicted octanol–water partition coefficient (Wildman–Crippen LogP) is 1.43. The molecule has 0 aromatic carbocycles. The van der Waals surface area contributed by atoms with Crippen molar-refractivity contribution in [2.45, 2.75) is 25.9 Å². The monoisotopic (exact) mass is 208 g/mol. The lowest BCUT2D eigenvalue weighted by molar-refractivity contribution is 0.0940. The molecule has 0 spiro atoms. The summed E-state index contributed by atoms with van der Waals surface area (Å²) in [4.78, 5) is 11.6. The molecule has 1 atom stereocenters. The summed E-state index contributed by atoms with van der Waals surface area (Å²) in [5.41, 5.74) is 5.88. The molecule has 0 aliphatic heterocycles. The molecule has 3 N–H and O–H groups in total. The third kappa shape index (κ3) is 3.25. The number of furan rings is 1. The Morgan fingerprint density at radius 2 is 2.53 bits per heavy atom. The summed E-state index contributed by atoms with van der Waals surface area (Å²) in [5, 5.41) is 2.82. The molecule has 4 heteroatoms. The molecule has 0 saturated heterocycles. The summed E-state index contributed by atoms with van der Waals surface area (Å²) in [6, 6.07) is 1.72. The molecule has 1 amide bonds. The van der Waals surface area contributed by atoms with Gasteiger partial charge in [-0.1, -0.05) is 6.08 Å². The first-order valence-electron chi connectivity index (χ1n) is 4.86. The lowest BCUT2D eigenvalue weighted by Crippen LogP contribution is -2.31. The number of amides is 1. The first-order chi connectivity index (χ1) is 7.17. The van der Waals surface area contributed by atoms with Gasteiger partial charge in [0.25, 0.3) is 5.91 Å². The van der Waals surface area contributed by atoms with Crippen LogP contribution in [0.15, 0.2) is 29.4 Å². The van der Waals surface area contributed by atoms with E-state index in [1.807, 2.05) is 6.92 Å². The van der Waals surface area contributed by atoms with Crippen LogP contribution in [0.1, 0.15) is 29.5 Å². The van der Waals surface area contributed by atoms with E-state index in [-0.39, 0.29) is 11.9 Å². The molecule has 1 rings (SSSR count). The Kier molecular flexibility index (Phi) is 4.12. The fraction of sp³-hybridized carbons (Fsp3) is 0.364. The van der Waals surface area contributed by atoms with Crippen molar-refractivity contribution in [2.75, 3.05) is 0 Å². The van der Waals surface area contributed by atoms with Gasteiger partial charge in [0, 0.05) is 6.04 Å². The van der Waals surface area contributed by atoms with E-state index in [0.29, 0.717) is 17.9 Å². The molecule has 1 unspecified atom stereocenters. The largest absolute Gasteiger partial charge is 0.467 e. The Bertz CT molecular complexity index is 344. The smallest absolute Gasteiger partial charge is 0.254 e. The minimum atomic E-state index is -0.146. The maximum absolute atomic E-state index is 11.6. The highest BCUT2D eigenvalue weighted by Crippen LogP contribution is 2.07. The van der Waals surface area contributed by atoms with Crippen LogP contribution in [0.25, 0.3) is 0 Å². The quantitative estimate of drug-likeness (QED) is 0.719. The Labute approximate surface area is 89.1 Å². The molecule has 15 heavy (non-hydrogen) atoms. The zero-order valence-electron chi connectivity index (χ0n) is 8.82. The fourth-order valence-corrected chi connectivity index (χ4v) is 1.22. The number of carbonyl (C=O) groups excluding carboxylic acids is 1. The number of nitrogens with one attached hydrogen (secondary N) is 1. The van der Waals surface area contributed by atoms with Crippen molar-refractivity contribution in [1.82, 2.24) is 5.32 Å². The average molecular weight is 208 g/mol. The molecule has 0 aliphatic carbocycles. The molecule has 0 radical (unpaired) electrons. The number of hydrogen-bond acceptors (Lipinski definition) is 3. The molecule has 4 nitrogen and oxygen atoms in total. The molecule has 82 valence electrons. The lowest BCUT2D eigenvalue weighted by atomic mass is 10.2. The highest BCUT2D eigenvalue weighted by molar-refractivity contribution is 5.94. The van der Waals surface area contributed by atoms with Crippen LogP contribution < -0.4 is 11.1 Å². The first-order valence-corrected chi connectivity index (χ1v) is 4.86. The van der Waals surface area contributed by atoms with E-state index in [4.69, 9.17) is 10.2 Å². The van der Waals surface area contributed by atoms with Crippen LogP contribution in [0.5, 0.6) is 0 Å². The van der Waals surface area contributed by atoms with Gasteiger partial charge >= 0.3 is 0 Å². The zero-order valence-corrected chi connectivity index (χ0v) is 8.82. The van der Waals surface area contributed by atoms with Crippen molar-refractivity contribution in [3.05, 3.63) is 36.3 Å². The van der Waals surface area contributed by atoms with Crippen molar-refractivity contribution in [3.8, 4) is 0 Å². The van der Waals surface area contributed by atoms with E-state index in [0.717, 1.165) is 6.42 Å². The van der Waals surface area contributed by atoms with Crippen molar-refractivity contribution in [1.29, 1.82) is 0 Å². The maximum Gasteiger partial charge on any atom is 0.254 e. The zero-order chi connectivity index (χ0) is 11.3. The summed E-state index contributed by atoms with van der Waals surface area (Å²) >= 11 is 0. The van der Waals surface area contributed by atoms with Crippen LogP contribution in [-0.4, -0.2) is 11.9 Å². The second-order valence-electron chi connectivity index (χ2n) is 3.40. The number of nitrogens with two attached hydrogens (primary N) is 1. The van der Waals surface area contributed by atoms with Gasteiger partial charge in [0.1, 0.15) is 12.0 Å². The summed E-state index contributed by atoms with van der Waals surface area (Å²) in [6.07, 6.45) is 3.93. The summed E-state index contributed by atoms with van der Waals surface area (Å²) in [6.45, 7) is 5.83. The van der Waals surface area contributed by atoms with Crippen LogP contribution in [0.4, 0.5) is 0 Å². The van der Waals surface area contributed by atoms with Gasteiger partial charge in [0.15, 0.2) is 0 Å². The number of hydrogen-bond donors (Lipinski definition) is 2. The second kappa shape index (κ2) is 5.36. The van der Waals surface area contributed by atoms with E-state index in [9.17, 15) is 4.79 Å². The van der Waals surface area contributed by atoms with Gasteiger partial charge < -0.3 is 15.5 Å². The van der Waals surface area contributed by atoms with E-state index in [2.05, 4.69) is 11.9 Å². The topological polar surface area (TPSA) is 68.3 Å². The molecule has 1 aromatic heterocycles. The first kappa shape index (κ1) is 11.5. The molecule has 0 fully saturated rings.